The molecule has 0 bridgehead atoms. The largest absolute Gasteiger partial charge is 0.495 e. The van der Waals surface area contributed by atoms with Gasteiger partial charge in [0.15, 0.2) is 0 Å². The fourth-order valence-electron chi connectivity index (χ4n) is 1.45. The Morgan fingerprint density at radius 3 is 2.50 bits per heavy atom. The second kappa shape index (κ2) is 8.39. The molecule has 1 rings (SSSR count). The van der Waals surface area contributed by atoms with Crippen LogP contribution in [0, 0.1) is 5.92 Å². The zero-order chi connectivity index (χ0) is 14.4. The molecule has 0 spiro atoms. The number of nitrogens with one attached hydrogen (secondary N) is 2. The Labute approximate surface area is 124 Å². The van der Waals surface area contributed by atoms with Crippen LogP contribution < -0.4 is 21.1 Å². The summed E-state index contributed by atoms with van der Waals surface area (Å²) in [4.78, 5) is 22.8. The van der Waals surface area contributed by atoms with E-state index in [1.54, 1.807) is 25.1 Å². The summed E-state index contributed by atoms with van der Waals surface area (Å²) in [6.07, 6.45) is 0. The number of ether oxygens (including phenoxy) is 1. The molecule has 1 aromatic carbocycles. The number of hydrogen-bond donors (Lipinski definition) is 3. The van der Waals surface area contributed by atoms with Gasteiger partial charge in [0, 0.05) is 25.1 Å². The summed E-state index contributed by atoms with van der Waals surface area (Å²) >= 11 is 0. The summed E-state index contributed by atoms with van der Waals surface area (Å²) in [5.74, 6) is -0.120. The number of methoxy groups -OCH3 is 1. The van der Waals surface area contributed by atoms with E-state index in [2.05, 4.69) is 10.6 Å². The van der Waals surface area contributed by atoms with Gasteiger partial charge in [-0.3, -0.25) is 9.59 Å². The van der Waals surface area contributed by atoms with E-state index in [0.717, 1.165) is 0 Å². The maximum absolute atomic E-state index is 11.7. The van der Waals surface area contributed by atoms with Gasteiger partial charge in [-0.2, -0.15) is 0 Å². The van der Waals surface area contributed by atoms with E-state index >= 15 is 0 Å². The Morgan fingerprint density at radius 1 is 1.35 bits per heavy atom. The molecule has 0 heterocycles. The van der Waals surface area contributed by atoms with Crippen LogP contribution in [0.1, 0.15) is 13.8 Å². The Hall–Kier alpha value is -1.79. The molecule has 0 radical (unpaired) electrons. The molecule has 0 aliphatic rings. The molecule has 6 nitrogen and oxygen atoms in total. The summed E-state index contributed by atoms with van der Waals surface area (Å²) < 4.78 is 5.13. The molecule has 0 aromatic heterocycles. The molecule has 1 unspecified atom stereocenters. The first-order valence-corrected chi connectivity index (χ1v) is 5.94. The highest BCUT2D eigenvalue weighted by atomic mass is 35.5. The maximum atomic E-state index is 11.7. The van der Waals surface area contributed by atoms with Crippen LogP contribution in [0.15, 0.2) is 18.2 Å². The number of halogens is 1. The number of hydrogen-bond acceptors (Lipinski definition) is 4. The van der Waals surface area contributed by atoms with Crippen LogP contribution in [-0.4, -0.2) is 25.5 Å². The number of benzene rings is 1. The number of carbonyl (C=O) groups excluding carboxylic acids is 2. The standard InChI is InChI=1S/C13H19N3O3.ClH/c1-8(7-14)13(18)16-10-4-5-12(19-3)11(6-10)15-9(2)17;/h4-6,8H,7,14H2,1-3H3,(H,15,17)(H,16,18);1H. The first-order chi connectivity index (χ1) is 8.97. The van der Waals surface area contributed by atoms with E-state index in [-0.39, 0.29) is 36.7 Å². The quantitative estimate of drug-likeness (QED) is 0.770. The van der Waals surface area contributed by atoms with Crippen molar-refractivity contribution in [2.75, 3.05) is 24.3 Å². The molecule has 1 atom stereocenters. The van der Waals surface area contributed by atoms with Crippen LogP contribution in [0.5, 0.6) is 5.75 Å². The Kier molecular flexibility index (Phi) is 7.64. The minimum atomic E-state index is -0.272. The Bertz CT molecular complexity index is 480. The molecule has 112 valence electrons. The lowest BCUT2D eigenvalue weighted by Crippen LogP contribution is -2.26. The molecule has 0 fully saturated rings. The van der Waals surface area contributed by atoms with E-state index in [4.69, 9.17) is 10.5 Å². The maximum Gasteiger partial charge on any atom is 0.228 e. The van der Waals surface area contributed by atoms with Crippen LogP contribution in [-0.2, 0) is 9.59 Å². The van der Waals surface area contributed by atoms with Crippen molar-refractivity contribution in [2.45, 2.75) is 13.8 Å². The summed E-state index contributed by atoms with van der Waals surface area (Å²) in [7, 11) is 1.51. The highest BCUT2D eigenvalue weighted by molar-refractivity contribution is 5.95. The highest BCUT2D eigenvalue weighted by Gasteiger charge is 2.12. The molecular weight excluding hydrogens is 282 g/mol. The monoisotopic (exact) mass is 301 g/mol. The molecule has 0 saturated heterocycles. The van der Waals surface area contributed by atoms with Crippen LogP contribution in [0.3, 0.4) is 0 Å². The average molecular weight is 302 g/mol. The van der Waals surface area contributed by atoms with Crippen molar-refractivity contribution >= 4 is 35.6 Å². The minimum absolute atomic E-state index is 0. The van der Waals surface area contributed by atoms with E-state index in [9.17, 15) is 9.59 Å². The Balaban J connectivity index is 0.00000361. The predicted octanol–water partition coefficient (Wildman–Crippen LogP) is 1.61. The predicted molar refractivity (Wildman–Crippen MR) is 81.4 cm³/mol. The number of anilines is 2. The third kappa shape index (κ3) is 5.07. The second-order valence-corrected chi connectivity index (χ2v) is 4.22. The van der Waals surface area contributed by atoms with Gasteiger partial charge in [-0.15, -0.1) is 12.4 Å². The summed E-state index contributed by atoms with van der Waals surface area (Å²) in [5.41, 5.74) is 6.52. The van der Waals surface area contributed by atoms with Crippen LogP contribution in [0.4, 0.5) is 11.4 Å². The number of carbonyl (C=O) groups is 2. The van der Waals surface area contributed by atoms with Crippen molar-refractivity contribution in [3.8, 4) is 5.75 Å². The van der Waals surface area contributed by atoms with E-state index in [0.29, 0.717) is 17.1 Å². The molecule has 1 aromatic rings. The third-order valence-electron chi connectivity index (χ3n) is 2.58. The normalized spacial score (nSPS) is 11.0. The van der Waals surface area contributed by atoms with Crippen molar-refractivity contribution in [2.24, 2.45) is 11.7 Å². The topological polar surface area (TPSA) is 93.4 Å². The van der Waals surface area contributed by atoms with Crippen molar-refractivity contribution in [1.82, 2.24) is 0 Å². The van der Waals surface area contributed by atoms with Gasteiger partial charge in [-0.05, 0) is 18.2 Å². The first kappa shape index (κ1) is 18.2. The first-order valence-electron chi connectivity index (χ1n) is 5.94. The highest BCUT2D eigenvalue weighted by Crippen LogP contribution is 2.27. The molecule has 20 heavy (non-hydrogen) atoms. The lowest BCUT2D eigenvalue weighted by Gasteiger charge is -2.13. The SMILES string of the molecule is COc1ccc(NC(=O)C(C)CN)cc1NC(C)=O.Cl. The number of rotatable bonds is 5. The van der Waals surface area contributed by atoms with Gasteiger partial charge in [0.05, 0.1) is 12.8 Å². The summed E-state index contributed by atoms with van der Waals surface area (Å²) in [6, 6.07) is 5.01. The summed E-state index contributed by atoms with van der Waals surface area (Å²) in [6.45, 7) is 3.43. The Morgan fingerprint density at radius 2 is 2.00 bits per heavy atom. The lowest BCUT2D eigenvalue weighted by molar-refractivity contribution is -0.119. The number of nitrogens with two attached hydrogens (primary N) is 1. The zero-order valence-electron chi connectivity index (χ0n) is 11.7. The van der Waals surface area contributed by atoms with Crippen molar-refractivity contribution in [3.63, 3.8) is 0 Å². The number of amides is 2. The molecule has 0 aliphatic carbocycles. The van der Waals surface area contributed by atoms with Gasteiger partial charge in [0.25, 0.3) is 0 Å². The van der Waals surface area contributed by atoms with Gasteiger partial charge < -0.3 is 21.1 Å². The molecular formula is C13H20ClN3O3. The molecule has 2 amide bonds. The molecule has 7 heteroatoms. The fourth-order valence-corrected chi connectivity index (χ4v) is 1.45. The fraction of sp³-hybridized carbons (Fsp3) is 0.385. The van der Waals surface area contributed by atoms with Gasteiger partial charge >= 0.3 is 0 Å². The second-order valence-electron chi connectivity index (χ2n) is 4.22. The molecule has 0 saturated carbocycles. The van der Waals surface area contributed by atoms with Gasteiger partial charge in [-0.25, -0.2) is 0 Å². The van der Waals surface area contributed by atoms with Gasteiger partial charge in [0.2, 0.25) is 11.8 Å². The van der Waals surface area contributed by atoms with Crippen LogP contribution >= 0.6 is 12.4 Å². The van der Waals surface area contributed by atoms with E-state index < -0.39 is 0 Å². The van der Waals surface area contributed by atoms with Gasteiger partial charge in [-0.1, -0.05) is 6.92 Å². The van der Waals surface area contributed by atoms with Crippen LogP contribution in [0.2, 0.25) is 0 Å². The lowest BCUT2D eigenvalue weighted by atomic mass is 10.1. The minimum Gasteiger partial charge on any atom is -0.495 e. The van der Waals surface area contributed by atoms with Gasteiger partial charge in [0.1, 0.15) is 5.75 Å². The summed E-state index contributed by atoms with van der Waals surface area (Å²) in [5, 5.41) is 5.37. The smallest absolute Gasteiger partial charge is 0.228 e. The molecule has 4 N–H and O–H groups in total. The average Bonchev–Trinajstić information content (AvgIpc) is 2.37. The zero-order valence-corrected chi connectivity index (χ0v) is 12.5. The van der Waals surface area contributed by atoms with Crippen LogP contribution in [0.25, 0.3) is 0 Å². The van der Waals surface area contributed by atoms with E-state index in [1.807, 2.05) is 0 Å². The third-order valence-corrected chi connectivity index (χ3v) is 2.58. The molecule has 0 aliphatic heterocycles. The van der Waals surface area contributed by atoms with Crippen molar-refractivity contribution < 1.29 is 14.3 Å². The van der Waals surface area contributed by atoms with Crippen molar-refractivity contribution in [1.29, 1.82) is 0 Å². The van der Waals surface area contributed by atoms with Crippen molar-refractivity contribution in [3.05, 3.63) is 18.2 Å². The van der Waals surface area contributed by atoms with E-state index in [1.165, 1.54) is 14.0 Å².